The summed E-state index contributed by atoms with van der Waals surface area (Å²) in [6.07, 6.45) is 3.70. The monoisotopic (exact) mass is 397 g/mol. The first-order valence-electron chi connectivity index (χ1n) is 8.64. The van der Waals surface area contributed by atoms with Crippen molar-refractivity contribution in [1.29, 1.82) is 0 Å². The molecular formula is C16H21F2N7O3. The van der Waals surface area contributed by atoms with E-state index < -0.39 is 36.7 Å². The van der Waals surface area contributed by atoms with Gasteiger partial charge in [-0.1, -0.05) is 5.21 Å². The van der Waals surface area contributed by atoms with Gasteiger partial charge in [0.15, 0.2) is 5.69 Å². The van der Waals surface area contributed by atoms with Crippen LogP contribution in [0, 0.1) is 0 Å². The van der Waals surface area contributed by atoms with E-state index in [2.05, 4.69) is 20.7 Å². The summed E-state index contributed by atoms with van der Waals surface area (Å²) < 4.78 is 35.6. The molecule has 2 amide bonds. The first-order chi connectivity index (χ1) is 13.3. The fourth-order valence-corrected chi connectivity index (χ4v) is 3.06. The van der Waals surface area contributed by atoms with E-state index in [4.69, 9.17) is 4.74 Å². The van der Waals surface area contributed by atoms with Crippen molar-refractivity contribution >= 4 is 11.8 Å². The maximum atomic E-state index is 14.0. The lowest BCUT2D eigenvalue weighted by atomic mass is 10.2. The van der Waals surface area contributed by atoms with Crippen molar-refractivity contribution in [3.63, 3.8) is 0 Å². The lowest BCUT2D eigenvalue weighted by Gasteiger charge is -2.23. The summed E-state index contributed by atoms with van der Waals surface area (Å²) in [6, 6.07) is -0.784. The molecule has 28 heavy (non-hydrogen) atoms. The van der Waals surface area contributed by atoms with Crippen molar-refractivity contribution in [3.8, 4) is 0 Å². The zero-order valence-electron chi connectivity index (χ0n) is 15.5. The van der Waals surface area contributed by atoms with E-state index in [1.165, 1.54) is 35.1 Å². The maximum absolute atomic E-state index is 14.0. The molecule has 12 heteroatoms. The van der Waals surface area contributed by atoms with Crippen molar-refractivity contribution in [1.82, 2.24) is 35.0 Å². The van der Waals surface area contributed by atoms with Crippen LogP contribution in [0.15, 0.2) is 18.6 Å². The highest BCUT2D eigenvalue weighted by Crippen LogP contribution is 2.33. The zero-order valence-corrected chi connectivity index (χ0v) is 15.5. The van der Waals surface area contributed by atoms with Crippen LogP contribution < -0.4 is 5.32 Å². The van der Waals surface area contributed by atoms with E-state index in [0.29, 0.717) is 13.2 Å². The molecule has 0 aromatic carbocycles. The number of ether oxygens (including phenoxy) is 1. The van der Waals surface area contributed by atoms with Crippen LogP contribution in [0.25, 0.3) is 0 Å². The molecular weight excluding hydrogens is 376 g/mol. The second-order valence-corrected chi connectivity index (χ2v) is 6.62. The molecule has 2 aromatic heterocycles. The predicted molar refractivity (Wildman–Crippen MR) is 91.8 cm³/mol. The standard InChI is InChI=1S/C16H21F2N7O3/c1-23-7-11(6-20-23)15(27)25-10-16(17,18)5-12(25)8-24-9-13(21-22-24)14(26)19-3-4-28-2/h6-7,9,12H,3-5,8,10H2,1-2H3,(H,19,26)/t12-/m0/s1. The van der Waals surface area contributed by atoms with Crippen LogP contribution in [0.3, 0.4) is 0 Å². The molecule has 0 radical (unpaired) electrons. The first-order valence-corrected chi connectivity index (χ1v) is 8.64. The predicted octanol–water partition coefficient (Wildman–Crippen LogP) is -0.0622. The molecule has 152 valence electrons. The Morgan fingerprint density at radius 3 is 2.86 bits per heavy atom. The van der Waals surface area contributed by atoms with Crippen LogP contribution in [-0.4, -0.2) is 80.3 Å². The number of alkyl halides is 2. The van der Waals surface area contributed by atoms with E-state index in [9.17, 15) is 18.4 Å². The van der Waals surface area contributed by atoms with Crippen LogP contribution in [0.4, 0.5) is 8.78 Å². The number of aromatic nitrogens is 5. The Bertz CT molecular complexity index is 851. The van der Waals surface area contributed by atoms with Crippen molar-refractivity contribution in [2.24, 2.45) is 7.05 Å². The fraction of sp³-hybridized carbons (Fsp3) is 0.562. The van der Waals surface area contributed by atoms with Crippen molar-refractivity contribution in [2.45, 2.75) is 24.9 Å². The summed E-state index contributed by atoms with van der Waals surface area (Å²) in [4.78, 5) is 25.7. The average Bonchev–Trinajstić information content (AvgIpc) is 3.34. The van der Waals surface area contributed by atoms with Gasteiger partial charge in [0.1, 0.15) is 0 Å². The number of carbonyl (C=O) groups excluding carboxylic acids is 2. The molecule has 1 N–H and O–H groups in total. The number of likely N-dealkylation sites (tertiary alicyclic amines) is 1. The third-order valence-corrected chi connectivity index (χ3v) is 4.35. The lowest BCUT2D eigenvalue weighted by molar-refractivity contribution is 0.0117. The summed E-state index contributed by atoms with van der Waals surface area (Å²) in [6.45, 7) is -0.0166. The zero-order chi connectivity index (χ0) is 20.3. The van der Waals surface area contributed by atoms with Crippen LogP contribution >= 0.6 is 0 Å². The minimum absolute atomic E-state index is 0.0000563. The summed E-state index contributed by atoms with van der Waals surface area (Å²) in [7, 11) is 3.15. The van der Waals surface area contributed by atoms with E-state index in [1.807, 2.05) is 0 Å². The number of amides is 2. The molecule has 0 spiro atoms. The van der Waals surface area contributed by atoms with E-state index >= 15 is 0 Å². The Hall–Kier alpha value is -2.89. The molecule has 1 aliphatic rings. The van der Waals surface area contributed by atoms with Gasteiger partial charge in [-0.25, -0.2) is 13.5 Å². The van der Waals surface area contributed by atoms with Crippen LogP contribution in [0.5, 0.6) is 0 Å². The second-order valence-electron chi connectivity index (χ2n) is 6.62. The van der Waals surface area contributed by atoms with Crippen molar-refractivity contribution in [3.05, 3.63) is 29.8 Å². The largest absolute Gasteiger partial charge is 0.383 e. The first kappa shape index (κ1) is 19.9. The van der Waals surface area contributed by atoms with E-state index in [1.54, 1.807) is 7.05 Å². The molecule has 3 heterocycles. The Morgan fingerprint density at radius 2 is 2.18 bits per heavy atom. The summed E-state index contributed by atoms with van der Waals surface area (Å²) >= 11 is 0. The van der Waals surface area contributed by atoms with Crippen LogP contribution in [-0.2, 0) is 18.3 Å². The van der Waals surface area contributed by atoms with E-state index in [-0.39, 0.29) is 17.8 Å². The number of carbonyl (C=O) groups is 2. The van der Waals surface area contributed by atoms with Gasteiger partial charge in [0.25, 0.3) is 17.7 Å². The number of rotatable bonds is 7. The summed E-state index contributed by atoms with van der Waals surface area (Å²) in [5, 5.41) is 14.1. The Kier molecular flexibility index (Phi) is 5.68. The van der Waals surface area contributed by atoms with Gasteiger partial charge in [0.05, 0.1) is 43.7 Å². The maximum Gasteiger partial charge on any atom is 0.273 e. The van der Waals surface area contributed by atoms with Gasteiger partial charge in [-0.3, -0.25) is 14.3 Å². The van der Waals surface area contributed by atoms with Crippen molar-refractivity contribution < 1.29 is 23.1 Å². The Morgan fingerprint density at radius 1 is 1.39 bits per heavy atom. The minimum Gasteiger partial charge on any atom is -0.383 e. The lowest BCUT2D eigenvalue weighted by Crippen LogP contribution is -2.38. The van der Waals surface area contributed by atoms with Crippen LogP contribution in [0.2, 0.25) is 0 Å². The molecule has 1 fully saturated rings. The third kappa shape index (κ3) is 4.50. The minimum atomic E-state index is -3.00. The number of nitrogens with zero attached hydrogens (tertiary/aromatic N) is 6. The molecule has 1 aliphatic heterocycles. The normalized spacial score (nSPS) is 18.4. The molecule has 0 saturated carbocycles. The SMILES string of the molecule is COCCNC(=O)c1cn(C[C@@H]2CC(F)(F)CN2C(=O)c2cnn(C)c2)nn1. The molecule has 0 aliphatic carbocycles. The van der Waals surface area contributed by atoms with E-state index in [0.717, 1.165) is 4.90 Å². The number of methoxy groups -OCH3 is 1. The highest BCUT2D eigenvalue weighted by Gasteiger charge is 2.47. The smallest absolute Gasteiger partial charge is 0.273 e. The number of hydrogen-bond donors (Lipinski definition) is 1. The second kappa shape index (κ2) is 8.00. The van der Waals surface area contributed by atoms with Gasteiger partial charge in [0.2, 0.25) is 0 Å². The van der Waals surface area contributed by atoms with Gasteiger partial charge in [0, 0.05) is 33.3 Å². The highest BCUT2D eigenvalue weighted by atomic mass is 19.3. The number of halogens is 2. The van der Waals surface area contributed by atoms with Gasteiger partial charge in [-0.2, -0.15) is 5.10 Å². The summed E-state index contributed by atoms with van der Waals surface area (Å²) in [5.41, 5.74) is 0.299. The third-order valence-electron chi connectivity index (χ3n) is 4.35. The molecule has 10 nitrogen and oxygen atoms in total. The Labute approximate surface area is 159 Å². The van der Waals surface area contributed by atoms with Gasteiger partial charge in [-0.15, -0.1) is 5.10 Å². The molecule has 2 aromatic rings. The highest BCUT2D eigenvalue weighted by molar-refractivity contribution is 5.94. The topological polar surface area (TPSA) is 107 Å². The average molecular weight is 397 g/mol. The quantitative estimate of drug-likeness (QED) is 0.656. The van der Waals surface area contributed by atoms with Gasteiger partial charge >= 0.3 is 0 Å². The fourth-order valence-electron chi connectivity index (χ4n) is 3.06. The number of aryl methyl sites for hydroxylation is 1. The number of nitrogens with one attached hydrogen (secondary N) is 1. The molecule has 1 atom stereocenters. The Balaban J connectivity index is 1.69. The molecule has 3 rings (SSSR count). The molecule has 0 unspecified atom stereocenters. The molecule has 1 saturated heterocycles. The number of hydrogen-bond acceptors (Lipinski definition) is 6. The van der Waals surface area contributed by atoms with Crippen LogP contribution in [0.1, 0.15) is 27.3 Å². The summed E-state index contributed by atoms with van der Waals surface area (Å²) in [5.74, 6) is -3.96. The van der Waals surface area contributed by atoms with Crippen molar-refractivity contribution in [2.75, 3.05) is 26.8 Å². The van der Waals surface area contributed by atoms with Gasteiger partial charge in [-0.05, 0) is 0 Å². The van der Waals surface area contributed by atoms with Gasteiger partial charge < -0.3 is 15.0 Å². The molecule has 0 bridgehead atoms.